The molecule has 0 unspecified atom stereocenters. The number of hydrogen-bond donors (Lipinski definition) is 2. The predicted octanol–water partition coefficient (Wildman–Crippen LogP) is 2.69. The fourth-order valence-electron chi connectivity index (χ4n) is 2.22. The number of benzene rings is 1. The molecule has 0 aliphatic carbocycles. The molecular weight excluding hydrogens is 368 g/mol. The van der Waals surface area contributed by atoms with Crippen LogP contribution in [-0.2, 0) is 14.3 Å². The van der Waals surface area contributed by atoms with Gasteiger partial charge in [-0.3, -0.25) is 9.59 Å². The zero-order valence-corrected chi connectivity index (χ0v) is 16.2. The molecule has 0 saturated heterocycles. The van der Waals surface area contributed by atoms with Crippen LogP contribution in [0.25, 0.3) is 0 Å². The van der Waals surface area contributed by atoms with Crippen LogP contribution in [0, 0.1) is 5.92 Å². The van der Waals surface area contributed by atoms with E-state index in [1.165, 1.54) is 11.3 Å². The number of methoxy groups -OCH3 is 1. The molecule has 27 heavy (non-hydrogen) atoms. The van der Waals surface area contributed by atoms with Crippen LogP contribution in [0.4, 0.5) is 5.69 Å². The highest BCUT2D eigenvalue weighted by atomic mass is 32.1. The quantitative estimate of drug-likeness (QED) is 0.676. The zero-order valence-electron chi connectivity index (χ0n) is 15.4. The number of anilines is 1. The van der Waals surface area contributed by atoms with E-state index in [-0.39, 0.29) is 11.8 Å². The smallest absolute Gasteiger partial charge is 0.329 e. The van der Waals surface area contributed by atoms with Crippen molar-refractivity contribution in [3.05, 3.63) is 46.7 Å². The van der Waals surface area contributed by atoms with Gasteiger partial charge in [-0.25, -0.2) is 4.79 Å². The van der Waals surface area contributed by atoms with E-state index in [4.69, 9.17) is 9.47 Å². The average molecular weight is 390 g/mol. The van der Waals surface area contributed by atoms with Gasteiger partial charge in [0.1, 0.15) is 11.8 Å². The van der Waals surface area contributed by atoms with Gasteiger partial charge in [-0.05, 0) is 41.6 Å². The van der Waals surface area contributed by atoms with Gasteiger partial charge in [0, 0.05) is 5.69 Å². The van der Waals surface area contributed by atoms with E-state index in [2.05, 4.69) is 10.6 Å². The number of nitrogens with one attached hydrogen (secondary N) is 2. The van der Waals surface area contributed by atoms with Gasteiger partial charge in [-0.15, -0.1) is 11.3 Å². The van der Waals surface area contributed by atoms with E-state index in [0.29, 0.717) is 16.3 Å². The van der Waals surface area contributed by atoms with E-state index >= 15 is 0 Å². The lowest BCUT2D eigenvalue weighted by atomic mass is 10.0. The normalized spacial score (nSPS) is 11.6. The van der Waals surface area contributed by atoms with Crippen LogP contribution in [0.1, 0.15) is 23.5 Å². The first kappa shape index (κ1) is 20.4. The minimum Gasteiger partial charge on any atom is -0.497 e. The Morgan fingerprint density at radius 1 is 1.11 bits per heavy atom. The molecule has 0 spiro atoms. The Balaban J connectivity index is 1.86. The summed E-state index contributed by atoms with van der Waals surface area (Å²) < 4.78 is 10.1. The van der Waals surface area contributed by atoms with Gasteiger partial charge in [0.25, 0.3) is 11.8 Å². The maximum atomic E-state index is 12.3. The van der Waals surface area contributed by atoms with Crippen LogP contribution in [0.5, 0.6) is 5.75 Å². The van der Waals surface area contributed by atoms with Crippen LogP contribution < -0.4 is 15.4 Å². The second-order valence-corrected chi connectivity index (χ2v) is 7.00. The van der Waals surface area contributed by atoms with Crippen LogP contribution in [0.3, 0.4) is 0 Å². The number of thiophene rings is 1. The van der Waals surface area contributed by atoms with Crippen molar-refractivity contribution in [2.24, 2.45) is 5.92 Å². The molecule has 2 aromatic rings. The van der Waals surface area contributed by atoms with Crippen LogP contribution >= 0.6 is 11.3 Å². The van der Waals surface area contributed by atoms with Crippen molar-refractivity contribution in [1.82, 2.24) is 5.32 Å². The molecule has 0 aliphatic heterocycles. The highest BCUT2D eigenvalue weighted by molar-refractivity contribution is 7.12. The molecule has 0 radical (unpaired) electrons. The van der Waals surface area contributed by atoms with Crippen molar-refractivity contribution in [3.8, 4) is 5.75 Å². The Morgan fingerprint density at radius 2 is 1.81 bits per heavy atom. The van der Waals surface area contributed by atoms with E-state index in [1.54, 1.807) is 62.7 Å². The van der Waals surface area contributed by atoms with Gasteiger partial charge < -0.3 is 20.1 Å². The Morgan fingerprint density at radius 3 is 2.37 bits per heavy atom. The monoisotopic (exact) mass is 390 g/mol. The van der Waals surface area contributed by atoms with E-state index in [9.17, 15) is 14.4 Å². The number of carbonyl (C=O) groups is 3. The number of ether oxygens (including phenoxy) is 2. The molecule has 2 rings (SSSR count). The topological polar surface area (TPSA) is 93.7 Å². The van der Waals surface area contributed by atoms with Crippen molar-refractivity contribution in [1.29, 1.82) is 0 Å². The first-order valence-corrected chi connectivity index (χ1v) is 9.23. The minimum atomic E-state index is -0.839. The van der Waals surface area contributed by atoms with E-state index in [1.807, 2.05) is 0 Å². The Kier molecular flexibility index (Phi) is 7.36. The molecule has 7 nitrogen and oxygen atoms in total. The molecule has 1 aromatic carbocycles. The molecule has 8 heteroatoms. The van der Waals surface area contributed by atoms with Gasteiger partial charge in [-0.1, -0.05) is 19.9 Å². The molecule has 1 heterocycles. The van der Waals surface area contributed by atoms with Crippen molar-refractivity contribution in [3.63, 3.8) is 0 Å². The second kappa shape index (κ2) is 9.72. The van der Waals surface area contributed by atoms with Crippen molar-refractivity contribution < 1.29 is 23.9 Å². The van der Waals surface area contributed by atoms with Gasteiger partial charge in [0.05, 0.1) is 12.0 Å². The number of carbonyl (C=O) groups excluding carboxylic acids is 3. The Bertz CT molecular complexity index is 772. The molecule has 144 valence electrons. The highest BCUT2D eigenvalue weighted by Crippen LogP contribution is 2.15. The molecule has 1 atom stereocenters. The van der Waals surface area contributed by atoms with Crippen molar-refractivity contribution in [2.45, 2.75) is 19.9 Å². The molecular formula is C19H22N2O5S. The van der Waals surface area contributed by atoms with Gasteiger partial charge in [-0.2, -0.15) is 0 Å². The lowest BCUT2D eigenvalue weighted by Crippen LogP contribution is -2.45. The molecule has 2 amide bonds. The lowest BCUT2D eigenvalue weighted by Gasteiger charge is -2.20. The highest BCUT2D eigenvalue weighted by Gasteiger charge is 2.27. The third kappa shape index (κ3) is 6.10. The van der Waals surface area contributed by atoms with Crippen LogP contribution in [-0.4, -0.2) is 37.5 Å². The lowest BCUT2D eigenvalue weighted by molar-refractivity contribution is -0.150. The molecule has 1 aromatic heterocycles. The maximum Gasteiger partial charge on any atom is 0.329 e. The standard InChI is InChI=1S/C19H22N2O5S/c1-12(2)17(21-18(23)15-5-4-10-27-15)19(24)26-11-16(22)20-13-6-8-14(25-3)9-7-13/h4-10,12,17H,11H2,1-3H3,(H,20,22)(H,21,23)/t17-/m0/s1. The summed E-state index contributed by atoms with van der Waals surface area (Å²) in [5.41, 5.74) is 0.559. The molecule has 2 N–H and O–H groups in total. The van der Waals surface area contributed by atoms with E-state index < -0.39 is 24.5 Å². The molecule has 0 fully saturated rings. The molecule has 0 saturated carbocycles. The fraction of sp³-hybridized carbons (Fsp3) is 0.316. The predicted molar refractivity (Wildman–Crippen MR) is 103 cm³/mol. The third-order valence-corrected chi connectivity index (χ3v) is 4.54. The third-order valence-electron chi connectivity index (χ3n) is 3.67. The van der Waals surface area contributed by atoms with Crippen molar-refractivity contribution in [2.75, 3.05) is 19.0 Å². The first-order valence-electron chi connectivity index (χ1n) is 8.35. The van der Waals surface area contributed by atoms with Gasteiger partial charge >= 0.3 is 5.97 Å². The SMILES string of the molecule is COc1ccc(NC(=O)COC(=O)[C@@H](NC(=O)c2cccs2)C(C)C)cc1. The largest absolute Gasteiger partial charge is 0.497 e. The maximum absolute atomic E-state index is 12.3. The summed E-state index contributed by atoms with van der Waals surface area (Å²) in [5, 5.41) is 7.06. The summed E-state index contributed by atoms with van der Waals surface area (Å²) in [6, 6.07) is 9.35. The summed E-state index contributed by atoms with van der Waals surface area (Å²) in [5.74, 6) is -0.990. The number of esters is 1. The Hall–Kier alpha value is -2.87. The first-order chi connectivity index (χ1) is 12.9. The summed E-state index contributed by atoms with van der Waals surface area (Å²) in [6.45, 7) is 3.14. The number of hydrogen-bond acceptors (Lipinski definition) is 6. The Labute approximate surface area is 161 Å². The van der Waals surface area contributed by atoms with Crippen LogP contribution in [0.2, 0.25) is 0 Å². The van der Waals surface area contributed by atoms with Crippen LogP contribution in [0.15, 0.2) is 41.8 Å². The molecule has 0 bridgehead atoms. The number of amides is 2. The minimum absolute atomic E-state index is 0.189. The number of rotatable bonds is 8. The zero-order chi connectivity index (χ0) is 19.8. The average Bonchev–Trinajstić information content (AvgIpc) is 3.19. The van der Waals surface area contributed by atoms with Crippen molar-refractivity contribution >= 4 is 34.8 Å². The summed E-state index contributed by atoms with van der Waals surface area (Å²) in [7, 11) is 1.55. The fourth-order valence-corrected chi connectivity index (χ4v) is 2.84. The van der Waals surface area contributed by atoms with Gasteiger partial charge in [0.15, 0.2) is 6.61 Å². The van der Waals surface area contributed by atoms with E-state index in [0.717, 1.165) is 0 Å². The second-order valence-electron chi connectivity index (χ2n) is 6.06. The molecule has 0 aliphatic rings. The summed E-state index contributed by atoms with van der Waals surface area (Å²) in [6.07, 6.45) is 0. The summed E-state index contributed by atoms with van der Waals surface area (Å²) >= 11 is 1.28. The summed E-state index contributed by atoms with van der Waals surface area (Å²) in [4.78, 5) is 36.9. The van der Waals surface area contributed by atoms with Gasteiger partial charge in [0.2, 0.25) is 0 Å².